The van der Waals surface area contributed by atoms with Crippen molar-refractivity contribution in [1.82, 2.24) is 13.9 Å². The average Bonchev–Trinajstić information content (AvgIpc) is 3.17. The number of aromatic nitrogens is 2. The molecule has 1 saturated heterocycles. The summed E-state index contributed by atoms with van der Waals surface area (Å²) in [4.78, 5) is 19.5. The van der Waals surface area contributed by atoms with Gasteiger partial charge in [-0.05, 0) is 38.1 Å². The van der Waals surface area contributed by atoms with Crippen LogP contribution in [0.15, 0.2) is 53.7 Å². The number of pyridine rings is 1. The van der Waals surface area contributed by atoms with Crippen LogP contribution in [0.4, 0.5) is 11.4 Å². The average molecular weight is 411 g/mol. The number of anilines is 2. The molecule has 9 heteroatoms. The Kier molecular flexibility index (Phi) is 3.94. The van der Waals surface area contributed by atoms with Gasteiger partial charge in [-0.2, -0.15) is 0 Å². The predicted octanol–water partition coefficient (Wildman–Crippen LogP) is 2.10. The molecular weight excluding hydrogens is 390 g/mol. The molecule has 0 radical (unpaired) electrons. The summed E-state index contributed by atoms with van der Waals surface area (Å²) in [5, 5.41) is 7.08. The molecular formula is C20H21N5O3S. The summed E-state index contributed by atoms with van der Waals surface area (Å²) in [6, 6.07) is 10.0. The largest absolute Gasteiger partial charge is 0.369 e. The highest BCUT2D eigenvalue weighted by atomic mass is 32.2. The van der Waals surface area contributed by atoms with E-state index in [4.69, 9.17) is 0 Å². The molecule has 8 nitrogen and oxygen atoms in total. The Hall–Kier alpha value is -2.91. The van der Waals surface area contributed by atoms with Gasteiger partial charge in [0.2, 0.25) is 5.91 Å². The molecule has 2 N–H and O–H groups in total. The van der Waals surface area contributed by atoms with Gasteiger partial charge in [0, 0.05) is 24.7 Å². The van der Waals surface area contributed by atoms with Crippen LogP contribution in [0.5, 0.6) is 0 Å². The van der Waals surface area contributed by atoms with Crippen LogP contribution in [0, 0.1) is 0 Å². The van der Waals surface area contributed by atoms with E-state index in [9.17, 15) is 13.2 Å². The molecule has 0 bridgehead atoms. The van der Waals surface area contributed by atoms with Crippen molar-refractivity contribution in [3.8, 4) is 0 Å². The third-order valence-corrected chi connectivity index (χ3v) is 7.55. The number of carbonyl (C=O) groups is 1. The number of hydrogen-bond acceptors (Lipinski definition) is 6. The highest BCUT2D eigenvalue weighted by molar-refractivity contribution is 7.90. The number of fused-ring (bicyclic) bond motifs is 3. The molecule has 2 aromatic heterocycles. The van der Waals surface area contributed by atoms with Crippen LogP contribution in [0.1, 0.15) is 12.8 Å². The molecule has 4 heterocycles. The third kappa shape index (κ3) is 2.72. The predicted molar refractivity (Wildman–Crippen MR) is 110 cm³/mol. The number of nitrogens with zero attached hydrogens (tertiary/aromatic N) is 3. The lowest BCUT2D eigenvalue weighted by Crippen LogP contribution is -2.57. The van der Waals surface area contributed by atoms with Crippen LogP contribution in [0.3, 0.4) is 0 Å². The van der Waals surface area contributed by atoms with Gasteiger partial charge < -0.3 is 15.5 Å². The molecule has 1 aromatic carbocycles. The molecule has 5 rings (SSSR count). The Balaban J connectivity index is 1.62. The van der Waals surface area contributed by atoms with E-state index >= 15 is 0 Å². The summed E-state index contributed by atoms with van der Waals surface area (Å²) in [5.74, 6) is -0.0596. The van der Waals surface area contributed by atoms with Gasteiger partial charge in [0.25, 0.3) is 10.0 Å². The quantitative estimate of drug-likeness (QED) is 0.670. The van der Waals surface area contributed by atoms with Crippen LogP contribution in [0.25, 0.3) is 11.0 Å². The SMILES string of the molecule is CN1CCC2(CC1)Nc1c(cnc3c1ccn3S(=O)(=O)c1ccccc1)NC2=O. The standard InChI is InChI=1S/C20H21N5O3S/c1-24-11-8-20(9-12-24)19(26)22-16-13-21-18-15(17(16)23-20)7-10-25(18)29(27,28)14-5-3-2-4-6-14/h2-7,10,13,23H,8-9,11-12H2,1H3,(H,22,26). The molecule has 1 spiro atoms. The Morgan fingerprint density at radius 3 is 2.55 bits per heavy atom. The van der Waals surface area contributed by atoms with Crippen molar-refractivity contribution in [2.45, 2.75) is 23.3 Å². The zero-order chi connectivity index (χ0) is 20.2. The number of rotatable bonds is 2. The van der Waals surface area contributed by atoms with Crippen molar-refractivity contribution in [2.75, 3.05) is 30.8 Å². The minimum Gasteiger partial charge on any atom is -0.369 e. The van der Waals surface area contributed by atoms with Gasteiger partial charge in [-0.3, -0.25) is 4.79 Å². The molecule has 2 aliphatic heterocycles. The Bertz CT molecular complexity index is 1210. The maximum absolute atomic E-state index is 13.1. The van der Waals surface area contributed by atoms with Crippen molar-refractivity contribution in [3.63, 3.8) is 0 Å². The molecule has 0 aliphatic carbocycles. The lowest BCUT2D eigenvalue weighted by molar-refractivity contribution is -0.122. The first-order valence-electron chi connectivity index (χ1n) is 9.50. The highest BCUT2D eigenvalue weighted by Crippen LogP contribution is 2.40. The smallest absolute Gasteiger partial charge is 0.269 e. The summed E-state index contributed by atoms with van der Waals surface area (Å²) >= 11 is 0. The molecule has 29 heavy (non-hydrogen) atoms. The summed E-state index contributed by atoms with van der Waals surface area (Å²) in [5.41, 5.74) is 0.941. The van der Waals surface area contributed by atoms with Crippen LogP contribution in [0.2, 0.25) is 0 Å². The van der Waals surface area contributed by atoms with Gasteiger partial charge in [0.1, 0.15) is 5.54 Å². The molecule has 2 aliphatic rings. The van der Waals surface area contributed by atoms with E-state index in [0.29, 0.717) is 29.6 Å². The van der Waals surface area contributed by atoms with E-state index in [0.717, 1.165) is 18.8 Å². The minimum atomic E-state index is -3.77. The number of likely N-dealkylation sites (tertiary alicyclic amines) is 1. The normalized spacial score (nSPS) is 19.0. The number of piperidine rings is 1. The molecule has 150 valence electrons. The zero-order valence-electron chi connectivity index (χ0n) is 15.9. The van der Waals surface area contributed by atoms with Crippen molar-refractivity contribution in [1.29, 1.82) is 0 Å². The maximum Gasteiger partial charge on any atom is 0.269 e. The fourth-order valence-corrected chi connectivity index (χ4v) is 5.41. The molecule has 3 aromatic rings. The summed E-state index contributed by atoms with van der Waals surface area (Å²) in [7, 11) is -1.73. The monoisotopic (exact) mass is 411 g/mol. The number of benzene rings is 1. The first kappa shape index (κ1) is 18.1. The molecule has 0 saturated carbocycles. The van der Waals surface area contributed by atoms with Gasteiger partial charge in [-0.1, -0.05) is 18.2 Å². The second kappa shape index (κ2) is 6.30. The van der Waals surface area contributed by atoms with Gasteiger partial charge in [-0.15, -0.1) is 0 Å². The Morgan fingerprint density at radius 2 is 1.83 bits per heavy atom. The minimum absolute atomic E-state index is 0.0596. The lowest BCUT2D eigenvalue weighted by atomic mass is 9.84. The number of amides is 1. The van der Waals surface area contributed by atoms with Gasteiger partial charge in [0.15, 0.2) is 5.65 Å². The zero-order valence-corrected chi connectivity index (χ0v) is 16.7. The van der Waals surface area contributed by atoms with Crippen molar-refractivity contribution in [2.24, 2.45) is 0 Å². The number of hydrogen-bond donors (Lipinski definition) is 2. The number of carbonyl (C=O) groups excluding carboxylic acids is 1. The summed E-state index contributed by atoms with van der Waals surface area (Å²) in [6.45, 7) is 1.63. The van der Waals surface area contributed by atoms with Crippen molar-refractivity contribution < 1.29 is 13.2 Å². The molecule has 1 fully saturated rings. The van der Waals surface area contributed by atoms with Gasteiger partial charge in [0.05, 0.1) is 22.5 Å². The van der Waals surface area contributed by atoms with Crippen molar-refractivity contribution in [3.05, 3.63) is 48.8 Å². The summed E-state index contributed by atoms with van der Waals surface area (Å²) < 4.78 is 27.4. The lowest BCUT2D eigenvalue weighted by Gasteiger charge is -2.43. The van der Waals surface area contributed by atoms with Crippen molar-refractivity contribution >= 4 is 38.3 Å². The Labute approximate surface area is 168 Å². The maximum atomic E-state index is 13.1. The van der Waals surface area contributed by atoms with Crippen LogP contribution >= 0.6 is 0 Å². The fourth-order valence-electron chi connectivity index (χ4n) is 4.08. The molecule has 1 amide bonds. The van der Waals surface area contributed by atoms with E-state index in [1.165, 1.54) is 16.4 Å². The van der Waals surface area contributed by atoms with Gasteiger partial charge >= 0.3 is 0 Å². The van der Waals surface area contributed by atoms with Crippen LogP contribution in [-0.2, 0) is 14.8 Å². The first-order valence-corrected chi connectivity index (χ1v) is 10.9. The van der Waals surface area contributed by atoms with E-state index in [-0.39, 0.29) is 10.8 Å². The van der Waals surface area contributed by atoms with Crippen LogP contribution in [-0.4, -0.2) is 53.9 Å². The Morgan fingerprint density at radius 1 is 1.10 bits per heavy atom. The van der Waals surface area contributed by atoms with E-state index < -0.39 is 15.6 Å². The topological polar surface area (TPSA) is 96.3 Å². The first-order chi connectivity index (χ1) is 13.9. The highest BCUT2D eigenvalue weighted by Gasteiger charge is 2.44. The fraction of sp³-hybridized carbons (Fsp3) is 0.300. The molecule has 0 atom stereocenters. The van der Waals surface area contributed by atoms with E-state index in [2.05, 4.69) is 20.5 Å². The summed E-state index contributed by atoms with van der Waals surface area (Å²) in [6.07, 6.45) is 4.39. The van der Waals surface area contributed by atoms with E-state index in [1.54, 1.807) is 36.4 Å². The third-order valence-electron chi connectivity index (χ3n) is 5.87. The number of nitrogens with one attached hydrogen (secondary N) is 2. The second-order valence-corrected chi connectivity index (χ2v) is 9.49. The van der Waals surface area contributed by atoms with Crippen LogP contribution < -0.4 is 10.6 Å². The van der Waals surface area contributed by atoms with E-state index in [1.807, 2.05) is 7.05 Å². The molecule has 0 unspecified atom stereocenters. The van der Waals surface area contributed by atoms with Gasteiger partial charge in [-0.25, -0.2) is 17.4 Å². The second-order valence-electron chi connectivity index (χ2n) is 7.68.